The highest BCUT2D eigenvalue weighted by Gasteiger charge is 2.23. The molecule has 30 heavy (non-hydrogen) atoms. The third kappa shape index (κ3) is 3.52. The molecule has 0 saturated carbocycles. The second-order valence-corrected chi connectivity index (χ2v) is 7.47. The Bertz CT molecular complexity index is 1170. The van der Waals surface area contributed by atoms with Gasteiger partial charge in [0.2, 0.25) is 5.91 Å². The molecule has 0 radical (unpaired) electrons. The molecular weight excluding hydrogens is 378 g/mol. The lowest BCUT2D eigenvalue weighted by molar-refractivity contribution is -0.132. The maximum Gasteiger partial charge on any atom is 0.242 e. The van der Waals surface area contributed by atoms with Gasteiger partial charge in [0, 0.05) is 56.4 Å². The van der Waals surface area contributed by atoms with Crippen molar-refractivity contribution in [3.63, 3.8) is 0 Å². The Kier molecular flexibility index (Phi) is 4.66. The van der Waals surface area contributed by atoms with Crippen molar-refractivity contribution >= 4 is 22.6 Å². The van der Waals surface area contributed by atoms with Gasteiger partial charge in [-0.15, -0.1) is 0 Å². The predicted molar refractivity (Wildman–Crippen MR) is 115 cm³/mol. The normalized spacial score (nSPS) is 14.4. The molecule has 0 atom stereocenters. The molecule has 0 aliphatic carbocycles. The lowest BCUT2D eigenvalue weighted by Gasteiger charge is -2.35. The number of nitrogens with zero attached hydrogens (tertiary/aromatic N) is 7. The van der Waals surface area contributed by atoms with Crippen LogP contribution >= 0.6 is 0 Å². The van der Waals surface area contributed by atoms with Gasteiger partial charge in [-0.25, -0.2) is 15.0 Å². The number of fused-ring (bicyclic) bond motifs is 1. The molecule has 5 rings (SSSR count). The zero-order chi connectivity index (χ0) is 20.5. The van der Waals surface area contributed by atoms with Crippen LogP contribution in [-0.2, 0) is 11.3 Å². The second kappa shape index (κ2) is 7.62. The van der Waals surface area contributed by atoms with E-state index in [0.717, 1.165) is 35.6 Å². The quantitative estimate of drug-likeness (QED) is 0.525. The summed E-state index contributed by atoms with van der Waals surface area (Å²) in [5.41, 5.74) is 1.09. The Balaban J connectivity index is 1.26. The largest absolute Gasteiger partial charge is 0.353 e. The van der Waals surface area contributed by atoms with Crippen LogP contribution in [0.5, 0.6) is 0 Å². The lowest BCUT2D eigenvalue weighted by atomic mass is 10.2. The van der Waals surface area contributed by atoms with Crippen LogP contribution in [0.2, 0.25) is 0 Å². The van der Waals surface area contributed by atoms with E-state index >= 15 is 0 Å². The van der Waals surface area contributed by atoms with Crippen molar-refractivity contribution in [3.05, 3.63) is 67.1 Å². The fraction of sp³-hybridized carbons (Fsp3) is 0.273. The van der Waals surface area contributed by atoms with Gasteiger partial charge in [0.05, 0.1) is 0 Å². The van der Waals surface area contributed by atoms with Crippen LogP contribution in [0.25, 0.3) is 16.7 Å². The number of anilines is 1. The summed E-state index contributed by atoms with van der Waals surface area (Å²) in [5.74, 6) is 2.55. The van der Waals surface area contributed by atoms with Gasteiger partial charge >= 0.3 is 0 Å². The van der Waals surface area contributed by atoms with Gasteiger partial charge in [0.25, 0.3) is 0 Å². The molecule has 8 heteroatoms. The molecule has 152 valence electrons. The molecule has 1 saturated heterocycles. The number of hydrogen-bond donors (Lipinski definition) is 0. The standard InChI is InChI=1S/C22H23N7O/c1-17-24-20(14-21(25-17)29-9-7-23-16-29)26-10-12-27(13-11-26)22(30)15-28-8-6-18-4-2-3-5-19(18)28/h2-9,14,16H,10-13,15H2,1H3. The van der Waals surface area contributed by atoms with Gasteiger partial charge in [-0.1, -0.05) is 18.2 Å². The maximum atomic E-state index is 12.9. The summed E-state index contributed by atoms with van der Waals surface area (Å²) in [6.45, 7) is 5.12. The van der Waals surface area contributed by atoms with Crippen molar-refractivity contribution in [2.45, 2.75) is 13.5 Å². The van der Waals surface area contributed by atoms with E-state index in [-0.39, 0.29) is 5.91 Å². The monoisotopic (exact) mass is 401 g/mol. The number of para-hydroxylation sites is 1. The Labute approximate surface area is 174 Å². The van der Waals surface area contributed by atoms with Crippen LogP contribution in [0.3, 0.4) is 0 Å². The number of carbonyl (C=O) groups is 1. The Morgan fingerprint density at radius 1 is 1.00 bits per heavy atom. The van der Waals surface area contributed by atoms with E-state index in [4.69, 9.17) is 0 Å². The van der Waals surface area contributed by atoms with E-state index in [1.807, 2.05) is 51.6 Å². The average Bonchev–Trinajstić information content (AvgIpc) is 3.44. The van der Waals surface area contributed by atoms with Crippen molar-refractivity contribution in [1.82, 2.24) is 29.0 Å². The van der Waals surface area contributed by atoms with Crippen molar-refractivity contribution in [1.29, 1.82) is 0 Å². The zero-order valence-electron chi connectivity index (χ0n) is 16.8. The number of amides is 1. The number of rotatable bonds is 4. The minimum Gasteiger partial charge on any atom is -0.353 e. The molecule has 4 heterocycles. The lowest BCUT2D eigenvalue weighted by Crippen LogP contribution is -2.49. The van der Waals surface area contributed by atoms with Gasteiger partial charge in [-0.3, -0.25) is 9.36 Å². The van der Waals surface area contributed by atoms with E-state index < -0.39 is 0 Å². The van der Waals surface area contributed by atoms with Crippen LogP contribution in [-0.4, -0.2) is 61.1 Å². The second-order valence-electron chi connectivity index (χ2n) is 7.47. The summed E-state index contributed by atoms with van der Waals surface area (Å²) in [6, 6.07) is 12.2. The molecule has 0 spiro atoms. The number of piperazine rings is 1. The first-order valence-corrected chi connectivity index (χ1v) is 10.1. The summed E-state index contributed by atoms with van der Waals surface area (Å²) in [7, 11) is 0. The van der Waals surface area contributed by atoms with Gasteiger partial charge < -0.3 is 14.4 Å². The highest BCUT2D eigenvalue weighted by atomic mass is 16.2. The van der Waals surface area contributed by atoms with E-state index in [2.05, 4.69) is 38.1 Å². The van der Waals surface area contributed by atoms with Gasteiger partial charge in [-0.2, -0.15) is 0 Å². The molecule has 8 nitrogen and oxygen atoms in total. The van der Waals surface area contributed by atoms with Crippen LogP contribution < -0.4 is 4.90 Å². The van der Waals surface area contributed by atoms with Crippen LogP contribution in [0.1, 0.15) is 5.82 Å². The van der Waals surface area contributed by atoms with Gasteiger partial charge in [-0.05, 0) is 24.4 Å². The molecule has 1 aromatic carbocycles. The summed E-state index contributed by atoms with van der Waals surface area (Å²) in [5, 5.41) is 1.16. The van der Waals surface area contributed by atoms with Crippen molar-refractivity contribution < 1.29 is 4.79 Å². The van der Waals surface area contributed by atoms with E-state index in [1.165, 1.54) is 0 Å². The molecule has 4 aromatic rings. The van der Waals surface area contributed by atoms with Crippen molar-refractivity contribution in [2.24, 2.45) is 0 Å². The molecular formula is C22H23N7O. The molecule has 1 aliphatic rings. The zero-order valence-corrected chi connectivity index (χ0v) is 16.8. The first kappa shape index (κ1) is 18.4. The van der Waals surface area contributed by atoms with Gasteiger partial charge in [0.1, 0.15) is 30.3 Å². The van der Waals surface area contributed by atoms with Crippen LogP contribution in [0, 0.1) is 6.92 Å². The third-order valence-corrected chi connectivity index (χ3v) is 5.52. The molecule has 0 N–H and O–H groups in total. The van der Waals surface area contributed by atoms with E-state index in [1.54, 1.807) is 12.5 Å². The Hall–Kier alpha value is -3.68. The average molecular weight is 401 g/mol. The van der Waals surface area contributed by atoms with E-state index in [9.17, 15) is 4.79 Å². The molecule has 0 unspecified atom stereocenters. The SMILES string of the molecule is Cc1nc(N2CCN(C(=O)Cn3ccc4ccccc43)CC2)cc(-n2ccnc2)n1. The number of aryl methyl sites for hydroxylation is 1. The van der Waals surface area contributed by atoms with Crippen molar-refractivity contribution in [3.8, 4) is 5.82 Å². The predicted octanol–water partition coefficient (Wildman–Crippen LogP) is 2.27. The summed E-state index contributed by atoms with van der Waals surface area (Å²) >= 11 is 0. The van der Waals surface area contributed by atoms with Crippen molar-refractivity contribution in [2.75, 3.05) is 31.1 Å². The Morgan fingerprint density at radius 2 is 1.80 bits per heavy atom. The smallest absolute Gasteiger partial charge is 0.242 e. The molecule has 1 amide bonds. The highest BCUT2D eigenvalue weighted by molar-refractivity contribution is 5.83. The van der Waals surface area contributed by atoms with Crippen LogP contribution in [0.4, 0.5) is 5.82 Å². The number of aromatic nitrogens is 5. The number of benzene rings is 1. The molecule has 0 bridgehead atoms. The highest BCUT2D eigenvalue weighted by Crippen LogP contribution is 2.19. The third-order valence-electron chi connectivity index (χ3n) is 5.52. The fourth-order valence-electron chi connectivity index (χ4n) is 3.93. The fourth-order valence-corrected chi connectivity index (χ4v) is 3.93. The molecule has 1 aliphatic heterocycles. The number of imidazole rings is 1. The first-order valence-electron chi connectivity index (χ1n) is 10.1. The minimum absolute atomic E-state index is 0.147. The molecule has 3 aromatic heterocycles. The molecule has 1 fully saturated rings. The summed E-state index contributed by atoms with van der Waals surface area (Å²) in [6.07, 6.45) is 7.32. The number of carbonyl (C=O) groups excluding carboxylic acids is 1. The van der Waals surface area contributed by atoms with Gasteiger partial charge in [0.15, 0.2) is 0 Å². The number of hydrogen-bond acceptors (Lipinski definition) is 5. The first-order chi connectivity index (χ1) is 14.7. The van der Waals surface area contributed by atoms with E-state index in [0.29, 0.717) is 25.5 Å². The Morgan fingerprint density at radius 3 is 2.60 bits per heavy atom. The topological polar surface area (TPSA) is 72.1 Å². The summed E-state index contributed by atoms with van der Waals surface area (Å²) in [4.78, 5) is 30.2. The van der Waals surface area contributed by atoms with Crippen LogP contribution in [0.15, 0.2) is 61.3 Å². The minimum atomic E-state index is 0.147. The summed E-state index contributed by atoms with van der Waals surface area (Å²) < 4.78 is 3.90. The maximum absolute atomic E-state index is 12.9.